The molecule has 34 heavy (non-hydrogen) atoms. The Hall–Kier alpha value is -1.43. The van der Waals surface area contributed by atoms with Crippen LogP contribution in [0, 0.1) is 58.7 Å². The van der Waals surface area contributed by atoms with Crippen molar-refractivity contribution in [3.63, 3.8) is 0 Å². The fourth-order valence-corrected chi connectivity index (χ4v) is 9.07. The maximum absolute atomic E-state index is 12.0. The highest BCUT2D eigenvalue weighted by atomic mass is 16.6. The molecule has 3 fully saturated rings. The van der Waals surface area contributed by atoms with E-state index < -0.39 is 0 Å². The Bertz CT molecular complexity index is 809. The largest absolute Gasteiger partial charge is 0.446 e. The molecule has 4 aliphatic carbocycles. The lowest BCUT2D eigenvalue weighted by Crippen LogP contribution is -2.51. The summed E-state index contributed by atoms with van der Waals surface area (Å²) >= 11 is 0. The molecule has 0 aromatic heterocycles. The van der Waals surface area contributed by atoms with Crippen LogP contribution in [0.3, 0.4) is 0 Å². The Kier molecular flexibility index (Phi) is 7.76. The minimum absolute atomic E-state index is 0.00921. The zero-order chi connectivity index (χ0) is 24.5. The van der Waals surface area contributed by atoms with Gasteiger partial charge in [-0.05, 0) is 91.3 Å². The van der Waals surface area contributed by atoms with Crippen LogP contribution in [-0.4, -0.2) is 18.7 Å². The van der Waals surface area contributed by atoms with Crippen molar-refractivity contribution < 1.29 is 9.53 Å². The van der Waals surface area contributed by atoms with Crippen molar-refractivity contribution in [1.29, 1.82) is 0 Å². The number of amides is 1. The molecule has 1 amide bonds. The highest BCUT2D eigenvalue weighted by Crippen LogP contribution is 2.67. The van der Waals surface area contributed by atoms with Crippen molar-refractivity contribution in [1.82, 2.24) is 5.32 Å². The number of carbonyl (C=O) groups excluding carboxylic acids is 1. The molecular formula is C31H49NO2. The molecule has 4 rings (SSSR count). The number of fused-ring (bicyclic) bond motifs is 5. The average Bonchev–Trinajstić information content (AvgIpc) is 3.15. The summed E-state index contributed by atoms with van der Waals surface area (Å²) < 4.78 is 5.71. The van der Waals surface area contributed by atoms with Gasteiger partial charge in [0.25, 0.3) is 0 Å². The summed E-state index contributed by atoms with van der Waals surface area (Å²) in [6.45, 7) is 12.7. The minimum atomic E-state index is -0.367. The summed E-state index contributed by atoms with van der Waals surface area (Å²) in [4.78, 5) is 12.0. The molecule has 8 unspecified atom stereocenters. The highest BCUT2D eigenvalue weighted by Gasteiger charge is 2.59. The van der Waals surface area contributed by atoms with Gasteiger partial charge < -0.3 is 10.1 Å². The fraction of sp³-hybridized carbons (Fsp3) is 0.839. The van der Waals surface area contributed by atoms with Crippen LogP contribution in [0.15, 0.2) is 11.6 Å². The van der Waals surface area contributed by atoms with Gasteiger partial charge in [0.05, 0.1) is 6.54 Å². The van der Waals surface area contributed by atoms with Gasteiger partial charge in [-0.2, -0.15) is 0 Å². The molecule has 1 N–H and O–H groups in total. The molecule has 3 saturated carbocycles. The number of rotatable bonds is 7. The first kappa shape index (κ1) is 25.7. The van der Waals surface area contributed by atoms with E-state index in [1.165, 1.54) is 51.4 Å². The van der Waals surface area contributed by atoms with Crippen molar-refractivity contribution in [3.05, 3.63) is 11.6 Å². The van der Waals surface area contributed by atoms with E-state index in [-0.39, 0.29) is 18.7 Å². The zero-order valence-corrected chi connectivity index (χ0v) is 22.5. The number of terminal acetylenes is 1. The van der Waals surface area contributed by atoms with Crippen LogP contribution in [0.2, 0.25) is 0 Å². The SMILES string of the molecule is C#CCNC(=O)OC1CCC2(C)C(=CCC3C2CCC2(C)C(C(C)CCCC(C)C)CCC32)C1. The number of allylic oxidation sites excluding steroid dienone is 1. The normalized spacial score (nSPS) is 39.8. The van der Waals surface area contributed by atoms with Crippen molar-refractivity contribution >= 4 is 6.09 Å². The molecule has 0 bridgehead atoms. The molecule has 0 aromatic rings. The molecule has 4 aliphatic rings. The average molecular weight is 468 g/mol. The van der Waals surface area contributed by atoms with Crippen molar-refractivity contribution in [2.75, 3.05) is 6.54 Å². The van der Waals surface area contributed by atoms with Crippen LogP contribution in [0.25, 0.3) is 0 Å². The predicted molar refractivity (Wildman–Crippen MR) is 140 cm³/mol. The van der Waals surface area contributed by atoms with Crippen LogP contribution in [0.4, 0.5) is 4.79 Å². The minimum Gasteiger partial charge on any atom is -0.446 e. The lowest BCUT2D eigenvalue weighted by molar-refractivity contribution is -0.0581. The molecule has 0 aliphatic heterocycles. The fourth-order valence-electron chi connectivity index (χ4n) is 9.07. The first-order valence-corrected chi connectivity index (χ1v) is 14.3. The lowest BCUT2D eigenvalue weighted by Gasteiger charge is -2.58. The van der Waals surface area contributed by atoms with E-state index >= 15 is 0 Å². The molecule has 3 heteroatoms. The van der Waals surface area contributed by atoms with E-state index in [0.717, 1.165) is 54.8 Å². The van der Waals surface area contributed by atoms with Gasteiger partial charge in [0.15, 0.2) is 0 Å². The first-order chi connectivity index (χ1) is 16.2. The third-order valence-corrected chi connectivity index (χ3v) is 10.9. The Morgan fingerprint density at radius 1 is 1.15 bits per heavy atom. The Labute approximate surface area is 209 Å². The number of hydrogen-bond donors (Lipinski definition) is 1. The van der Waals surface area contributed by atoms with Gasteiger partial charge in [-0.25, -0.2) is 4.79 Å². The van der Waals surface area contributed by atoms with Crippen LogP contribution in [0.1, 0.15) is 105 Å². The molecule has 0 heterocycles. The van der Waals surface area contributed by atoms with E-state index in [1.54, 1.807) is 5.57 Å². The number of carbonyl (C=O) groups is 1. The van der Waals surface area contributed by atoms with Gasteiger partial charge in [-0.3, -0.25) is 0 Å². The van der Waals surface area contributed by atoms with Crippen LogP contribution < -0.4 is 5.32 Å². The Morgan fingerprint density at radius 3 is 2.68 bits per heavy atom. The van der Waals surface area contributed by atoms with E-state index in [0.29, 0.717) is 10.8 Å². The third kappa shape index (κ3) is 4.81. The van der Waals surface area contributed by atoms with Crippen LogP contribution >= 0.6 is 0 Å². The summed E-state index contributed by atoms with van der Waals surface area (Å²) in [6.07, 6.45) is 21.6. The summed E-state index contributed by atoms with van der Waals surface area (Å²) in [5.74, 6) is 7.58. The molecule has 190 valence electrons. The second-order valence-corrected chi connectivity index (χ2v) is 13.1. The van der Waals surface area contributed by atoms with Gasteiger partial charge >= 0.3 is 6.09 Å². The summed E-state index contributed by atoms with van der Waals surface area (Å²) in [5.41, 5.74) is 2.39. The molecule has 8 atom stereocenters. The topological polar surface area (TPSA) is 38.3 Å². The van der Waals surface area contributed by atoms with Gasteiger partial charge in [0.2, 0.25) is 0 Å². The second kappa shape index (κ2) is 10.3. The van der Waals surface area contributed by atoms with Gasteiger partial charge in [0, 0.05) is 6.42 Å². The van der Waals surface area contributed by atoms with E-state index in [1.807, 2.05) is 0 Å². The van der Waals surface area contributed by atoms with Gasteiger partial charge in [-0.1, -0.05) is 71.5 Å². The van der Waals surface area contributed by atoms with E-state index in [2.05, 4.69) is 51.9 Å². The standard InChI is InChI=1S/C31H49NO2/c1-7-19-32-29(33)34-24-15-17-30(5)23(20-24)11-12-25-27-14-13-26(22(4)10-8-9-21(2)3)31(27,6)18-16-28(25)30/h1,11,21-22,24-28H,8-10,12-20H2,2-6H3,(H,32,33). The number of ether oxygens (including phenoxy) is 1. The molecule has 0 saturated heterocycles. The smallest absolute Gasteiger partial charge is 0.408 e. The van der Waals surface area contributed by atoms with Gasteiger partial charge in [-0.15, -0.1) is 6.42 Å². The zero-order valence-electron chi connectivity index (χ0n) is 22.5. The van der Waals surface area contributed by atoms with Crippen LogP contribution in [-0.2, 0) is 4.74 Å². The summed E-state index contributed by atoms with van der Waals surface area (Å²) in [7, 11) is 0. The molecule has 0 spiro atoms. The van der Waals surface area contributed by atoms with Crippen molar-refractivity contribution in [2.45, 2.75) is 111 Å². The predicted octanol–water partition coefficient (Wildman–Crippen LogP) is 7.76. The summed E-state index contributed by atoms with van der Waals surface area (Å²) in [5, 5.41) is 2.65. The molecule has 3 nitrogen and oxygen atoms in total. The monoisotopic (exact) mass is 467 g/mol. The number of nitrogens with one attached hydrogen (secondary N) is 1. The molecule has 0 aromatic carbocycles. The van der Waals surface area contributed by atoms with Crippen molar-refractivity contribution in [2.24, 2.45) is 46.3 Å². The summed E-state index contributed by atoms with van der Waals surface area (Å²) in [6, 6.07) is 0. The third-order valence-electron chi connectivity index (χ3n) is 10.9. The number of hydrogen-bond acceptors (Lipinski definition) is 2. The maximum atomic E-state index is 12.0. The Morgan fingerprint density at radius 2 is 1.94 bits per heavy atom. The lowest BCUT2D eigenvalue weighted by atomic mass is 9.47. The molecular weight excluding hydrogens is 418 g/mol. The first-order valence-electron chi connectivity index (χ1n) is 14.3. The van der Waals surface area contributed by atoms with Gasteiger partial charge in [0.1, 0.15) is 6.10 Å². The Balaban J connectivity index is 1.42. The highest BCUT2D eigenvalue weighted by molar-refractivity contribution is 5.67. The second-order valence-electron chi connectivity index (χ2n) is 13.1. The van der Waals surface area contributed by atoms with Crippen molar-refractivity contribution in [3.8, 4) is 12.3 Å². The molecule has 0 radical (unpaired) electrons. The van der Waals surface area contributed by atoms with E-state index in [4.69, 9.17) is 11.2 Å². The van der Waals surface area contributed by atoms with Crippen LogP contribution in [0.5, 0.6) is 0 Å². The quantitative estimate of drug-likeness (QED) is 0.307. The number of alkyl carbamates (subject to hydrolysis) is 1. The van der Waals surface area contributed by atoms with E-state index in [9.17, 15) is 4.79 Å². The maximum Gasteiger partial charge on any atom is 0.408 e.